The number of ether oxygens (including phenoxy) is 1. The third kappa shape index (κ3) is 6.05. The minimum atomic E-state index is -1.10. The Morgan fingerprint density at radius 2 is 1.76 bits per heavy atom. The van der Waals surface area contributed by atoms with E-state index in [-0.39, 0.29) is 0 Å². The van der Waals surface area contributed by atoms with Crippen LogP contribution in [-0.4, -0.2) is 21.3 Å². The van der Waals surface area contributed by atoms with Crippen LogP contribution in [0.2, 0.25) is 24.2 Å². The Kier molecular flexibility index (Phi) is 7.66. The minimum absolute atomic E-state index is 0.559. The summed E-state index contributed by atoms with van der Waals surface area (Å²) in [6.45, 7) is 18.7. The summed E-state index contributed by atoms with van der Waals surface area (Å²) >= 11 is 0. The Bertz CT molecular complexity index is 199. The molecule has 1 nitrogen and oxygen atoms in total. The van der Waals surface area contributed by atoms with Gasteiger partial charge in [0.15, 0.2) is 0 Å². The molecule has 1 atom stereocenters. The van der Waals surface area contributed by atoms with Crippen molar-refractivity contribution in [1.29, 1.82) is 0 Å². The lowest BCUT2D eigenvalue weighted by Crippen LogP contribution is -2.38. The van der Waals surface area contributed by atoms with Gasteiger partial charge in [0.05, 0.1) is 8.07 Å². The number of hydrogen-bond acceptors (Lipinski definition) is 1. The minimum Gasteiger partial charge on any atom is -0.381 e. The van der Waals surface area contributed by atoms with Gasteiger partial charge in [-0.3, -0.25) is 0 Å². The zero-order valence-electron chi connectivity index (χ0n) is 13.2. The average molecular weight is 259 g/mol. The van der Waals surface area contributed by atoms with Gasteiger partial charge in [-0.15, -0.1) is 0 Å². The molecule has 0 aromatic heterocycles. The third-order valence-corrected chi connectivity index (χ3v) is 10.5. The molecule has 0 N–H and O–H groups in total. The lowest BCUT2D eigenvalue weighted by Gasteiger charge is -2.39. The van der Waals surface area contributed by atoms with E-state index in [1.54, 1.807) is 0 Å². The molecule has 0 saturated heterocycles. The van der Waals surface area contributed by atoms with E-state index >= 15 is 0 Å². The van der Waals surface area contributed by atoms with Crippen LogP contribution in [0.4, 0.5) is 0 Å². The van der Waals surface area contributed by atoms with Gasteiger partial charge in [0.2, 0.25) is 0 Å². The molecule has 0 saturated carbocycles. The van der Waals surface area contributed by atoms with Crippen LogP contribution in [-0.2, 0) is 4.74 Å². The van der Waals surface area contributed by atoms with Crippen molar-refractivity contribution >= 4 is 8.07 Å². The predicted octanol–water partition coefficient (Wildman–Crippen LogP) is 5.34. The van der Waals surface area contributed by atoms with E-state index in [9.17, 15) is 0 Å². The van der Waals surface area contributed by atoms with Gasteiger partial charge in [-0.05, 0) is 17.4 Å². The van der Waals surface area contributed by atoms with Crippen molar-refractivity contribution in [1.82, 2.24) is 0 Å². The molecule has 2 heteroatoms. The monoisotopic (exact) mass is 258 g/mol. The van der Waals surface area contributed by atoms with Gasteiger partial charge in [-0.2, -0.15) is 0 Å². The van der Waals surface area contributed by atoms with E-state index in [1.807, 2.05) is 0 Å². The second-order valence-electron chi connectivity index (χ2n) is 6.81. The predicted molar refractivity (Wildman–Crippen MR) is 81.5 cm³/mol. The molecule has 0 rings (SSSR count). The van der Waals surface area contributed by atoms with E-state index in [2.05, 4.69) is 47.7 Å². The SMILES string of the molecule is CCC(C)COCCC[Si](C)(C)C(C)(C)CC. The van der Waals surface area contributed by atoms with Gasteiger partial charge in [-0.25, -0.2) is 0 Å². The zero-order valence-corrected chi connectivity index (χ0v) is 14.2. The van der Waals surface area contributed by atoms with Crippen molar-refractivity contribution in [3.63, 3.8) is 0 Å². The Morgan fingerprint density at radius 1 is 1.18 bits per heavy atom. The Balaban J connectivity index is 3.81. The van der Waals surface area contributed by atoms with Crippen LogP contribution in [0.3, 0.4) is 0 Å². The molecule has 0 radical (unpaired) electrons. The molecule has 104 valence electrons. The average Bonchev–Trinajstić information content (AvgIpc) is 2.27. The van der Waals surface area contributed by atoms with E-state index in [0.29, 0.717) is 11.0 Å². The Morgan fingerprint density at radius 3 is 2.24 bits per heavy atom. The first-order valence-electron chi connectivity index (χ1n) is 7.34. The molecule has 0 aliphatic carbocycles. The number of hydrogen-bond donors (Lipinski definition) is 0. The normalized spacial score (nSPS) is 15.0. The summed E-state index contributed by atoms with van der Waals surface area (Å²) in [6.07, 6.45) is 3.78. The molecular formula is C15H34OSi. The van der Waals surface area contributed by atoms with Crippen molar-refractivity contribution < 1.29 is 4.74 Å². The molecular weight excluding hydrogens is 224 g/mol. The van der Waals surface area contributed by atoms with Gasteiger partial charge in [0, 0.05) is 13.2 Å². The molecule has 0 aliphatic rings. The highest BCUT2D eigenvalue weighted by molar-refractivity contribution is 6.80. The van der Waals surface area contributed by atoms with Gasteiger partial charge in [0.25, 0.3) is 0 Å². The summed E-state index contributed by atoms with van der Waals surface area (Å²) in [6, 6.07) is 1.40. The smallest absolute Gasteiger partial charge is 0.0531 e. The summed E-state index contributed by atoms with van der Waals surface area (Å²) in [5.74, 6) is 0.715. The van der Waals surface area contributed by atoms with Gasteiger partial charge >= 0.3 is 0 Å². The summed E-state index contributed by atoms with van der Waals surface area (Å²) in [5, 5.41) is 0.559. The van der Waals surface area contributed by atoms with Gasteiger partial charge in [-0.1, -0.05) is 66.6 Å². The first-order chi connectivity index (χ1) is 7.77. The number of rotatable bonds is 9. The Labute approximate surface area is 110 Å². The molecule has 0 aliphatic heterocycles. The second kappa shape index (κ2) is 7.58. The molecule has 0 amide bonds. The molecule has 0 heterocycles. The van der Waals surface area contributed by atoms with Crippen molar-refractivity contribution in [3.05, 3.63) is 0 Å². The van der Waals surface area contributed by atoms with Crippen molar-refractivity contribution in [2.45, 2.75) is 78.1 Å². The topological polar surface area (TPSA) is 9.23 Å². The van der Waals surface area contributed by atoms with Crippen LogP contribution in [0.1, 0.15) is 53.9 Å². The Hall–Kier alpha value is 0.177. The fourth-order valence-corrected chi connectivity index (χ4v) is 4.50. The largest absolute Gasteiger partial charge is 0.381 e. The molecule has 0 aromatic rings. The van der Waals surface area contributed by atoms with Crippen LogP contribution in [0.25, 0.3) is 0 Å². The lowest BCUT2D eigenvalue weighted by atomic mass is 10.1. The summed E-state index contributed by atoms with van der Waals surface area (Å²) in [7, 11) is -1.10. The highest BCUT2D eigenvalue weighted by Gasteiger charge is 2.36. The van der Waals surface area contributed by atoms with E-state index in [1.165, 1.54) is 25.3 Å². The highest BCUT2D eigenvalue weighted by atomic mass is 28.3. The maximum absolute atomic E-state index is 5.75. The fourth-order valence-electron chi connectivity index (χ4n) is 1.84. The van der Waals surface area contributed by atoms with Crippen LogP contribution in [0.5, 0.6) is 0 Å². The van der Waals surface area contributed by atoms with Crippen LogP contribution in [0, 0.1) is 5.92 Å². The van der Waals surface area contributed by atoms with Crippen LogP contribution >= 0.6 is 0 Å². The molecule has 17 heavy (non-hydrogen) atoms. The molecule has 0 aromatic carbocycles. The molecule has 0 bridgehead atoms. The van der Waals surface area contributed by atoms with Crippen molar-refractivity contribution in [2.24, 2.45) is 5.92 Å². The van der Waals surface area contributed by atoms with E-state index in [4.69, 9.17) is 4.74 Å². The third-order valence-electron chi connectivity index (χ3n) is 4.91. The highest BCUT2D eigenvalue weighted by Crippen LogP contribution is 2.42. The second-order valence-corrected chi connectivity index (χ2v) is 12.4. The molecule has 0 spiro atoms. The summed E-state index contributed by atoms with van der Waals surface area (Å²) in [4.78, 5) is 0. The lowest BCUT2D eigenvalue weighted by molar-refractivity contribution is 0.104. The van der Waals surface area contributed by atoms with Crippen molar-refractivity contribution in [3.8, 4) is 0 Å². The van der Waals surface area contributed by atoms with E-state index in [0.717, 1.165) is 13.2 Å². The van der Waals surface area contributed by atoms with Gasteiger partial charge < -0.3 is 4.74 Å². The zero-order chi connectivity index (χ0) is 13.5. The quantitative estimate of drug-likeness (QED) is 0.401. The van der Waals surface area contributed by atoms with Crippen molar-refractivity contribution in [2.75, 3.05) is 13.2 Å². The maximum atomic E-state index is 5.75. The summed E-state index contributed by atoms with van der Waals surface area (Å²) in [5.41, 5.74) is 0. The molecule has 1 unspecified atom stereocenters. The molecule has 0 fully saturated rings. The fraction of sp³-hybridized carbons (Fsp3) is 1.00. The standard InChI is InChI=1S/C15H34OSi/c1-8-14(3)13-16-11-10-12-17(6,7)15(4,5)9-2/h14H,8-13H2,1-7H3. The summed E-state index contributed by atoms with van der Waals surface area (Å²) < 4.78 is 5.75. The van der Waals surface area contributed by atoms with Crippen LogP contribution in [0.15, 0.2) is 0 Å². The maximum Gasteiger partial charge on any atom is 0.0531 e. The first kappa shape index (κ1) is 17.2. The van der Waals surface area contributed by atoms with E-state index < -0.39 is 8.07 Å². The van der Waals surface area contributed by atoms with Gasteiger partial charge in [0.1, 0.15) is 0 Å². The van der Waals surface area contributed by atoms with Crippen LogP contribution < -0.4 is 0 Å². The first-order valence-corrected chi connectivity index (χ1v) is 10.5.